The second kappa shape index (κ2) is 7.72. The van der Waals surface area contributed by atoms with Crippen molar-refractivity contribution in [2.24, 2.45) is 0 Å². The summed E-state index contributed by atoms with van der Waals surface area (Å²) in [5, 5.41) is 0.980. The van der Waals surface area contributed by atoms with Crippen molar-refractivity contribution < 1.29 is 14.3 Å². The van der Waals surface area contributed by atoms with E-state index in [0.717, 1.165) is 18.5 Å². The minimum absolute atomic E-state index is 0.0584. The van der Waals surface area contributed by atoms with Gasteiger partial charge in [0.1, 0.15) is 6.10 Å². The Morgan fingerprint density at radius 1 is 1.25 bits per heavy atom. The van der Waals surface area contributed by atoms with E-state index in [0.29, 0.717) is 49.1 Å². The number of ether oxygens (including phenoxy) is 1. The maximum Gasteiger partial charge on any atom is 0.224 e. The number of hydrogen-bond acceptors (Lipinski definition) is 3. The normalized spacial score (nSPS) is 21.4. The Hall–Kier alpha value is -1.30. The van der Waals surface area contributed by atoms with Gasteiger partial charge in [-0.1, -0.05) is 29.3 Å². The van der Waals surface area contributed by atoms with Crippen LogP contribution in [0.5, 0.6) is 0 Å². The Morgan fingerprint density at radius 2 is 2.08 bits per heavy atom. The van der Waals surface area contributed by atoms with Crippen molar-refractivity contribution in [3.8, 4) is 0 Å². The first kappa shape index (κ1) is 17.5. The van der Waals surface area contributed by atoms with Crippen LogP contribution in [0.15, 0.2) is 18.2 Å². The van der Waals surface area contributed by atoms with E-state index < -0.39 is 0 Å². The Labute approximate surface area is 151 Å². The van der Waals surface area contributed by atoms with Gasteiger partial charge in [0.15, 0.2) is 0 Å². The molecule has 1 aromatic rings. The molecular formula is C17H20Cl2N2O3. The molecule has 0 aromatic heterocycles. The predicted octanol–water partition coefficient (Wildman–Crippen LogP) is 2.91. The van der Waals surface area contributed by atoms with Crippen LogP contribution in [0.2, 0.25) is 10.0 Å². The lowest BCUT2D eigenvalue weighted by molar-refractivity contribution is -0.139. The molecule has 130 valence electrons. The van der Waals surface area contributed by atoms with Crippen molar-refractivity contribution in [3.05, 3.63) is 33.8 Å². The first-order valence-corrected chi connectivity index (χ1v) is 8.92. The number of rotatable bonds is 4. The molecule has 1 aromatic carbocycles. The van der Waals surface area contributed by atoms with E-state index in [2.05, 4.69) is 0 Å². The molecule has 2 fully saturated rings. The van der Waals surface area contributed by atoms with Crippen LogP contribution in [-0.4, -0.2) is 54.4 Å². The van der Waals surface area contributed by atoms with Gasteiger partial charge < -0.3 is 14.5 Å². The van der Waals surface area contributed by atoms with Gasteiger partial charge in [0.05, 0.1) is 23.2 Å². The minimum atomic E-state index is -0.203. The van der Waals surface area contributed by atoms with Gasteiger partial charge in [0.25, 0.3) is 0 Å². The number of halogens is 2. The smallest absolute Gasteiger partial charge is 0.224 e. The number of likely N-dealkylation sites (tertiary alicyclic amines) is 1. The Kier molecular flexibility index (Phi) is 5.64. The summed E-state index contributed by atoms with van der Waals surface area (Å²) in [4.78, 5) is 27.6. The first-order valence-electron chi connectivity index (χ1n) is 8.16. The molecule has 5 nitrogen and oxygen atoms in total. The van der Waals surface area contributed by atoms with E-state index in [1.54, 1.807) is 21.9 Å². The highest BCUT2D eigenvalue weighted by atomic mass is 35.5. The molecule has 0 bridgehead atoms. The maximum atomic E-state index is 12.4. The monoisotopic (exact) mass is 370 g/mol. The van der Waals surface area contributed by atoms with Gasteiger partial charge in [-0.3, -0.25) is 9.59 Å². The molecule has 2 aliphatic rings. The Morgan fingerprint density at radius 3 is 2.79 bits per heavy atom. The number of nitrogens with zero attached hydrogens (tertiary/aromatic N) is 2. The molecule has 24 heavy (non-hydrogen) atoms. The molecule has 0 saturated carbocycles. The summed E-state index contributed by atoms with van der Waals surface area (Å²) in [5.74, 6) is 0.210. The molecule has 2 aliphatic heterocycles. The lowest BCUT2D eigenvalue weighted by Crippen LogP contribution is -2.43. The average Bonchev–Trinajstić information content (AvgIpc) is 3.00. The third kappa shape index (κ3) is 4.02. The van der Waals surface area contributed by atoms with Crippen LogP contribution in [0.1, 0.15) is 30.9 Å². The molecule has 0 spiro atoms. The zero-order valence-corrected chi connectivity index (χ0v) is 14.9. The molecule has 1 atom stereocenters. The second-order valence-corrected chi connectivity index (χ2v) is 6.92. The van der Waals surface area contributed by atoms with Crippen molar-refractivity contribution in [3.63, 3.8) is 0 Å². The fourth-order valence-corrected chi connectivity index (χ4v) is 3.43. The number of benzene rings is 1. The highest BCUT2D eigenvalue weighted by Crippen LogP contribution is 2.29. The fraction of sp³-hybridized carbons (Fsp3) is 0.529. The first-order chi connectivity index (χ1) is 11.5. The lowest BCUT2D eigenvalue weighted by Gasteiger charge is -2.33. The van der Waals surface area contributed by atoms with Gasteiger partial charge in [-0.15, -0.1) is 0 Å². The van der Waals surface area contributed by atoms with E-state index >= 15 is 0 Å². The quantitative estimate of drug-likeness (QED) is 0.818. The van der Waals surface area contributed by atoms with Crippen LogP contribution in [0.25, 0.3) is 0 Å². The number of amides is 2. The standard InChI is InChI=1S/C17H20Cl2N2O3/c18-13-4-3-12(10-14(13)19)15-11-21(8-9-24-15)17(23)5-7-20-6-1-2-16(20)22/h3-4,10,15H,1-2,5-9,11H2/t15-/m0/s1. The summed E-state index contributed by atoms with van der Waals surface area (Å²) in [6.07, 6.45) is 1.65. The van der Waals surface area contributed by atoms with Gasteiger partial charge in [0, 0.05) is 32.5 Å². The van der Waals surface area contributed by atoms with Crippen molar-refractivity contribution in [2.75, 3.05) is 32.8 Å². The van der Waals surface area contributed by atoms with Crippen molar-refractivity contribution in [2.45, 2.75) is 25.4 Å². The molecule has 0 aliphatic carbocycles. The van der Waals surface area contributed by atoms with Crippen LogP contribution < -0.4 is 0 Å². The van der Waals surface area contributed by atoms with Crippen LogP contribution >= 0.6 is 23.2 Å². The number of morpholine rings is 1. The van der Waals surface area contributed by atoms with Gasteiger partial charge in [-0.25, -0.2) is 0 Å². The van der Waals surface area contributed by atoms with Gasteiger partial charge in [0.2, 0.25) is 11.8 Å². The zero-order chi connectivity index (χ0) is 17.1. The summed E-state index contributed by atoms with van der Waals surface area (Å²) in [5.41, 5.74) is 0.914. The average molecular weight is 371 g/mol. The third-order valence-electron chi connectivity index (χ3n) is 4.50. The fourth-order valence-electron chi connectivity index (χ4n) is 3.12. The minimum Gasteiger partial charge on any atom is -0.370 e. The summed E-state index contributed by atoms with van der Waals surface area (Å²) < 4.78 is 5.77. The van der Waals surface area contributed by atoms with Crippen molar-refractivity contribution in [1.29, 1.82) is 0 Å². The molecule has 3 rings (SSSR count). The molecule has 2 saturated heterocycles. The molecule has 0 radical (unpaired) electrons. The van der Waals surface area contributed by atoms with E-state index in [9.17, 15) is 9.59 Å². The molecule has 2 amide bonds. The lowest BCUT2D eigenvalue weighted by atomic mass is 10.1. The largest absolute Gasteiger partial charge is 0.370 e. The predicted molar refractivity (Wildman–Crippen MR) is 92.2 cm³/mol. The Balaban J connectivity index is 1.57. The summed E-state index contributed by atoms with van der Waals surface area (Å²) in [6, 6.07) is 5.39. The van der Waals surface area contributed by atoms with Crippen LogP contribution in [-0.2, 0) is 14.3 Å². The molecule has 7 heteroatoms. The topological polar surface area (TPSA) is 49.9 Å². The number of hydrogen-bond donors (Lipinski definition) is 0. The van der Waals surface area contributed by atoms with E-state index in [1.165, 1.54) is 0 Å². The van der Waals surface area contributed by atoms with Crippen LogP contribution in [0.4, 0.5) is 0 Å². The SMILES string of the molecule is O=C1CCCN1CCC(=O)N1CCO[C@H](c2ccc(Cl)c(Cl)c2)C1. The van der Waals surface area contributed by atoms with Gasteiger partial charge >= 0.3 is 0 Å². The zero-order valence-electron chi connectivity index (χ0n) is 13.3. The number of carbonyl (C=O) groups is 2. The third-order valence-corrected chi connectivity index (χ3v) is 5.24. The van der Waals surface area contributed by atoms with E-state index in [1.807, 2.05) is 6.07 Å². The summed E-state index contributed by atoms with van der Waals surface area (Å²) in [7, 11) is 0. The van der Waals surface area contributed by atoms with E-state index in [-0.39, 0.29) is 17.9 Å². The van der Waals surface area contributed by atoms with Crippen molar-refractivity contribution >= 4 is 35.0 Å². The molecule has 0 unspecified atom stereocenters. The molecular weight excluding hydrogens is 351 g/mol. The van der Waals surface area contributed by atoms with Gasteiger partial charge in [-0.05, 0) is 24.1 Å². The highest BCUT2D eigenvalue weighted by molar-refractivity contribution is 6.42. The van der Waals surface area contributed by atoms with E-state index in [4.69, 9.17) is 27.9 Å². The van der Waals surface area contributed by atoms with Crippen LogP contribution in [0.3, 0.4) is 0 Å². The molecule has 0 N–H and O–H groups in total. The maximum absolute atomic E-state index is 12.4. The number of carbonyl (C=O) groups excluding carboxylic acids is 2. The van der Waals surface area contributed by atoms with Crippen LogP contribution in [0, 0.1) is 0 Å². The Bertz CT molecular complexity index is 638. The molecule has 2 heterocycles. The second-order valence-electron chi connectivity index (χ2n) is 6.11. The van der Waals surface area contributed by atoms with Crippen molar-refractivity contribution in [1.82, 2.24) is 9.80 Å². The summed E-state index contributed by atoms with van der Waals surface area (Å²) in [6.45, 7) is 2.82. The highest BCUT2D eigenvalue weighted by Gasteiger charge is 2.27. The summed E-state index contributed by atoms with van der Waals surface area (Å²) >= 11 is 12.0. The van der Waals surface area contributed by atoms with Gasteiger partial charge in [-0.2, -0.15) is 0 Å².